The Labute approximate surface area is 163 Å². The Balaban J connectivity index is 0.00000261. The molecule has 1 atom stereocenters. The van der Waals surface area contributed by atoms with Gasteiger partial charge in [0.2, 0.25) is 0 Å². The Kier molecular flexibility index (Phi) is 6.63. The van der Waals surface area contributed by atoms with Crippen molar-refractivity contribution in [2.75, 3.05) is 28.7 Å². The lowest BCUT2D eigenvalue weighted by atomic mass is 10.2. The molecule has 0 saturated heterocycles. The number of hydrogen-bond acceptors (Lipinski definition) is 4. The van der Waals surface area contributed by atoms with Crippen molar-refractivity contribution in [1.29, 1.82) is 0 Å². The van der Waals surface area contributed by atoms with E-state index in [4.69, 9.17) is 0 Å². The minimum absolute atomic E-state index is 0. The predicted octanol–water partition coefficient (Wildman–Crippen LogP) is 2.56. The number of halogens is 3. The molecule has 0 fully saturated rings. The maximum atomic E-state index is 14.3. The maximum Gasteiger partial charge on any atom is 0.331 e. The minimum atomic E-state index is -4.16. The third-order valence-electron chi connectivity index (χ3n) is 4.11. The van der Waals surface area contributed by atoms with E-state index in [-0.39, 0.29) is 36.7 Å². The van der Waals surface area contributed by atoms with Crippen LogP contribution >= 0.6 is 12.4 Å². The molecule has 0 spiro atoms. The van der Waals surface area contributed by atoms with Gasteiger partial charge in [-0.1, -0.05) is 12.1 Å². The van der Waals surface area contributed by atoms with E-state index in [2.05, 4.69) is 5.32 Å². The molecule has 6 nitrogen and oxygen atoms in total. The highest BCUT2D eigenvalue weighted by Crippen LogP contribution is 2.46. The quantitative estimate of drug-likeness (QED) is 0.754. The van der Waals surface area contributed by atoms with Gasteiger partial charge in [0, 0.05) is 19.2 Å². The van der Waals surface area contributed by atoms with Gasteiger partial charge in [-0.2, -0.15) is 8.42 Å². The molecule has 0 saturated carbocycles. The second-order valence-electron chi connectivity index (χ2n) is 5.93. The molecule has 0 aliphatic carbocycles. The zero-order chi connectivity index (χ0) is 18.9. The normalized spacial score (nSPS) is 16.0. The van der Waals surface area contributed by atoms with Gasteiger partial charge in [0.1, 0.15) is 11.6 Å². The van der Waals surface area contributed by atoms with Crippen LogP contribution in [0.1, 0.15) is 6.42 Å². The number of benzene rings is 2. The van der Waals surface area contributed by atoms with Gasteiger partial charge in [0.05, 0.1) is 23.2 Å². The molecule has 0 radical (unpaired) electrons. The number of anilines is 3. The van der Waals surface area contributed by atoms with E-state index in [0.29, 0.717) is 12.2 Å². The summed E-state index contributed by atoms with van der Waals surface area (Å²) in [4.78, 5) is 0. The zero-order valence-electron chi connectivity index (χ0n) is 14.5. The van der Waals surface area contributed by atoms with Crippen LogP contribution in [0, 0.1) is 11.6 Å². The molecular formula is C17H20ClF2N3O3S. The summed E-state index contributed by atoms with van der Waals surface area (Å²) in [5.74, 6) is -1.58. The summed E-state index contributed by atoms with van der Waals surface area (Å²) in [5.41, 5.74) is 0.212. The van der Waals surface area contributed by atoms with Gasteiger partial charge in [-0.3, -0.25) is 4.31 Å². The highest BCUT2D eigenvalue weighted by molar-refractivity contribution is 7.95. The molecule has 0 bridgehead atoms. The molecule has 0 unspecified atom stereocenters. The lowest BCUT2D eigenvalue weighted by molar-refractivity contribution is 0.167. The summed E-state index contributed by atoms with van der Waals surface area (Å²) in [6, 6.07) is 9.08. The molecule has 148 valence electrons. The average Bonchev–Trinajstić information content (AvgIpc) is 2.81. The van der Waals surface area contributed by atoms with E-state index in [9.17, 15) is 22.3 Å². The van der Waals surface area contributed by atoms with Crippen LogP contribution in [0.4, 0.5) is 25.8 Å². The topological polar surface area (TPSA) is 72.9 Å². The summed E-state index contributed by atoms with van der Waals surface area (Å²) in [6.07, 6.45) is -0.546. The van der Waals surface area contributed by atoms with Crippen molar-refractivity contribution in [3.8, 4) is 0 Å². The number of fused-ring (bicyclic) bond motifs is 1. The molecule has 0 amide bonds. The fraction of sp³-hybridized carbons (Fsp3) is 0.294. The molecule has 0 aromatic heterocycles. The minimum Gasteiger partial charge on any atom is -0.392 e. The van der Waals surface area contributed by atoms with Crippen LogP contribution < -0.4 is 13.9 Å². The summed E-state index contributed by atoms with van der Waals surface area (Å²) < 4.78 is 55.9. The number of aliphatic hydroxyl groups is 1. The first-order valence-electron chi connectivity index (χ1n) is 8.06. The second-order valence-corrected chi connectivity index (χ2v) is 7.63. The largest absolute Gasteiger partial charge is 0.392 e. The zero-order valence-corrected chi connectivity index (χ0v) is 16.1. The molecule has 2 aromatic rings. The molecule has 27 heavy (non-hydrogen) atoms. The first kappa shape index (κ1) is 21.4. The standard InChI is InChI=1S/C17H19F2N3O3S.ClH/c1-20-11-13(23)8-9-21-15-4-2-3-5-16(15)22(26(21,24)25)17-10-12(18)6-7-14(17)19;/h2-7,10,13,20,23H,8-9,11H2,1H3;1H/t13-;/m1./s1. The number of likely N-dealkylation sites (N-methyl/N-ethyl adjacent to an activating group) is 1. The molecular weight excluding hydrogens is 400 g/mol. The number of nitrogens with zero attached hydrogens (tertiary/aromatic N) is 2. The first-order valence-corrected chi connectivity index (χ1v) is 9.45. The van der Waals surface area contributed by atoms with Crippen LogP contribution in [-0.2, 0) is 10.2 Å². The Morgan fingerprint density at radius 2 is 1.78 bits per heavy atom. The molecule has 1 heterocycles. The first-order chi connectivity index (χ1) is 12.4. The van der Waals surface area contributed by atoms with Gasteiger partial charge in [-0.15, -0.1) is 12.4 Å². The van der Waals surface area contributed by atoms with Gasteiger partial charge in [-0.05, 0) is 37.7 Å². The third-order valence-corrected chi connectivity index (χ3v) is 5.90. The van der Waals surface area contributed by atoms with Crippen molar-refractivity contribution < 1.29 is 22.3 Å². The van der Waals surface area contributed by atoms with Crippen LogP contribution in [0.2, 0.25) is 0 Å². The highest BCUT2D eigenvalue weighted by atomic mass is 35.5. The second kappa shape index (κ2) is 8.39. The maximum absolute atomic E-state index is 14.3. The van der Waals surface area contributed by atoms with Gasteiger partial charge >= 0.3 is 10.2 Å². The Morgan fingerprint density at radius 1 is 1.11 bits per heavy atom. The van der Waals surface area contributed by atoms with Gasteiger partial charge in [-0.25, -0.2) is 13.1 Å². The summed E-state index contributed by atoms with van der Waals surface area (Å²) >= 11 is 0. The van der Waals surface area contributed by atoms with Crippen LogP contribution in [0.15, 0.2) is 42.5 Å². The lowest BCUT2D eigenvalue weighted by Crippen LogP contribution is -2.38. The number of hydrogen-bond donors (Lipinski definition) is 2. The SMILES string of the molecule is CNC[C@H](O)CCN1c2ccccc2N(c2cc(F)ccc2F)S1(=O)=O.Cl. The van der Waals surface area contributed by atoms with E-state index < -0.39 is 27.9 Å². The molecule has 10 heteroatoms. The summed E-state index contributed by atoms with van der Waals surface area (Å²) in [6.45, 7) is 0.327. The van der Waals surface area contributed by atoms with E-state index in [1.54, 1.807) is 25.2 Å². The molecule has 2 aromatic carbocycles. The Bertz CT molecular complexity index is 914. The van der Waals surface area contributed by atoms with E-state index in [0.717, 1.165) is 26.8 Å². The predicted molar refractivity (Wildman–Crippen MR) is 103 cm³/mol. The summed E-state index contributed by atoms with van der Waals surface area (Å²) in [5, 5.41) is 12.7. The van der Waals surface area contributed by atoms with Gasteiger partial charge in [0.25, 0.3) is 0 Å². The van der Waals surface area contributed by atoms with E-state index in [1.807, 2.05) is 0 Å². The van der Waals surface area contributed by atoms with Gasteiger partial charge < -0.3 is 10.4 Å². The lowest BCUT2D eigenvalue weighted by Gasteiger charge is -2.23. The van der Waals surface area contributed by atoms with E-state index >= 15 is 0 Å². The van der Waals surface area contributed by atoms with Crippen molar-refractivity contribution >= 4 is 39.7 Å². The number of rotatable bonds is 6. The highest BCUT2D eigenvalue weighted by Gasteiger charge is 2.42. The van der Waals surface area contributed by atoms with Crippen LogP contribution in [-0.4, -0.2) is 39.8 Å². The van der Waals surface area contributed by atoms with Crippen molar-refractivity contribution in [2.24, 2.45) is 0 Å². The fourth-order valence-electron chi connectivity index (χ4n) is 2.93. The van der Waals surface area contributed by atoms with Crippen molar-refractivity contribution in [2.45, 2.75) is 12.5 Å². The number of aliphatic hydroxyl groups excluding tert-OH is 1. The Hall–Kier alpha value is -1.94. The van der Waals surface area contributed by atoms with Crippen LogP contribution in [0.25, 0.3) is 0 Å². The fourth-order valence-corrected chi connectivity index (χ4v) is 4.66. The summed E-state index contributed by atoms with van der Waals surface area (Å²) in [7, 11) is -2.48. The molecule has 1 aliphatic rings. The van der Waals surface area contributed by atoms with Crippen LogP contribution in [0.3, 0.4) is 0 Å². The molecule has 1 aliphatic heterocycles. The third kappa shape index (κ3) is 4.01. The Morgan fingerprint density at radius 3 is 2.44 bits per heavy atom. The monoisotopic (exact) mass is 419 g/mol. The van der Waals surface area contributed by atoms with Crippen molar-refractivity contribution in [3.05, 3.63) is 54.1 Å². The average molecular weight is 420 g/mol. The van der Waals surface area contributed by atoms with Gasteiger partial charge in [0.15, 0.2) is 0 Å². The van der Waals surface area contributed by atoms with E-state index in [1.165, 1.54) is 6.07 Å². The van der Waals surface area contributed by atoms with Crippen LogP contribution in [0.5, 0.6) is 0 Å². The van der Waals surface area contributed by atoms with Crippen molar-refractivity contribution in [1.82, 2.24) is 5.32 Å². The smallest absolute Gasteiger partial charge is 0.331 e. The molecule has 3 rings (SSSR count). The number of nitrogens with one attached hydrogen (secondary N) is 1. The number of para-hydroxylation sites is 2. The molecule has 2 N–H and O–H groups in total. The van der Waals surface area contributed by atoms with Crippen molar-refractivity contribution in [3.63, 3.8) is 0 Å².